The number of ether oxygens (including phenoxy) is 1. The summed E-state index contributed by atoms with van der Waals surface area (Å²) in [5.74, 6) is 0.420. The zero-order valence-electron chi connectivity index (χ0n) is 6.58. The average molecular weight is 186 g/mol. The van der Waals surface area contributed by atoms with Crippen molar-refractivity contribution in [3.8, 4) is 5.88 Å². The van der Waals surface area contributed by atoms with Gasteiger partial charge in [0.2, 0.25) is 5.88 Å². The number of carbonyl (C=O) groups excluding carboxylic acids is 1. The molecule has 0 fully saturated rings. The number of halogens is 1. The van der Waals surface area contributed by atoms with Gasteiger partial charge in [0, 0.05) is 6.07 Å². The van der Waals surface area contributed by atoms with E-state index in [1.165, 1.54) is 6.07 Å². The molecule has 0 aromatic carbocycles. The summed E-state index contributed by atoms with van der Waals surface area (Å²) in [6, 6.07) is 4.89. The molecule has 0 radical (unpaired) electrons. The second-order valence-corrected chi connectivity index (χ2v) is 2.41. The van der Waals surface area contributed by atoms with Gasteiger partial charge in [0.25, 0.3) is 5.24 Å². The van der Waals surface area contributed by atoms with Gasteiger partial charge in [0.05, 0.1) is 6.61 Å². The van der Waals surface area contributed by atoms with Crippen LogP contribution in [-0.4, -0.2) is 16.8 Å². The van der Waals surface area contributed by atoms with E-state index in [-0.39, 0.29) is 5.69 Å². The molecule has 1 aromatic heterocycles. The molecule has 64 valence electrons. The molecule has 1 aromatic rings. The summed E-state index contributed by atoms with van der Waals surface area (Å²) in [6.07, 6.45) is 0. The van der Waals surface area contributed by atoms with Crippen LogP contribution in [0.3, 0.4) is 0 Å². The van der Waals surface area contributed by atoms with E-state index in [0.717, 1.165) is 0 Å². The van der Waals surface area contributed by atoms with Crippen LogP contribution in [0.25, 0.3) is 0 Å². The van der Waals surface area contributed by atoms with E-state index >= 15 is 0 Å². The highest BCUT2D eigenvalue weighted by atomic mass is 35.5. The summed E-state index contributed by atoms with van der Waals surface area (Å²) in [5, 5.41) is -0.573. The van der Waals surface area contributed by atoms with Crippen LogP contribution >= 0.6 is 11.6 Å². The third-order valence-electron chi connectivity index (χ3n) is 1.22. The Bertz CT molecular complexity index is 288. The Kier molecular flexibility index (Phi) is 3.05. The van der Waals surface area contributed by atoms with Crippen LogP contribution < -0.4 is 4.74 Å². The molecule has 4 heteroatoms. The zero-order chi connectivity index (χ0) is 8.97. The maximum atomic E-state index is 10.6. The largest absolute Gasteiger partial charge is 0.478 e. The van der Waals surface area contributed by atoms with Crippen molar-refractivity contribution in [3.63, 3.8) is 0 Å². The van der Waals surface area contributed by atoms with E-state index in [1.54, 1.807) is 12.1 Å². The van der Waals surface area contributed by atoms with Crippen LogP contribution in [0.1, 0.15) is 17.4 Å². The number of pyridine rings is 1. The third kappa shape index (κ3) is 2.20. The molecule has 12 heavy (non-hydrogen) atoms. The Labute approximate surface area is 75.3 Å². The normalized spacial score (nSPS) is 9.50. The first-order valence-electron chi connectivity index (χ1n) is 3.53. The highest BCUT2D eigenvalue weighted by molar-refractivity contribution is 6.67. The number of nitrogens with zero attached hydrogens (tertiary/aromatic N) is 1. The van der Waals surface area contributed by atoms with Gasteiger partial charge >= 0.3 is 0 Å². The average Bonchev–Trinajstić information content (AvgIpc) is 2.05. The summed E-state index contributed by atoms with van der Waals surface area (Å²) in [5.41, 5.74) is 0.211. The molecule has 0 unspecified atom stereocenters. The summed E-state index contributed by atoms with van der Waals surface area (Å²) >= 11 is 5.22. The van der Waals surface area contributed by atoms with Crippen LogP contribution in [0, 0.1) is 0 Å². The number of hydrogen-bond donors (Lipinski definition) is 0. The molecule has 0 atom stereocenters. The van der Waals surface area contributed by atoms with Crippen molar-refractivity contribution in [2.24, 2.45) is 0 Å². The first-order chi connectivity index (χ1) is 5.74. The Morgan fingerprint density at radius 1 is 1.67 bits per heavy atom. The third-order valence-corrected chi connectivity index (χ3v) is 1.41. The topological polar surface area (TPSA) is 39.2 Å². The minimum Gasteiger partial charge on any atom is -0.478 e. The van der Waals surface area contributed by atoms with Crippen LogP contribution in [0.4, 0.5) is 0 Å². The summed E-state index contributed by atoms with van der Waals surface area (Å²) in [6.45, 7) is 2.36. The maximum Gasteiger partial charge on any atom is 0.270 e. The highest BCUT2D eigenvalue weighted by Gasteiger charge is 2.03. The molecule has 0 saturated carbocycles. The number of aromatic nitrogens is 1. The van der Waals surface area contributed by atoms with Gasteiger partial charge in [-0.1, -0.05) is 6.07 Å². The fraction of sp³-hybridized carbons (Fsp3) is 0.250. The van der Waals surface area contributed by atoms with E-state index in [4.69, 9.17) is 16.3 Å². The van der Waals surface area contributed by atoms with Gasteiger partial charge in [-0.2, -0.15) is 0 Å². The quantitative estimate of drug-likeness (QED) is 0.675. The number of hydrogen-bond acceptors (Lipinski definition) is 3. The smallest absolute Gasteiger partial charge is 0.270 e. The molecule has 0 N–H and O–H groups in total. The lowest BCUT2D eigenvalue weighted by Crippen LogP contribution is -1.98. The van der Waals surface area contributed by atoms with Gasteiger partial charge in [-0.25, -0.2) is 4.98 Å². The van der Waals surface area contributed by atoms with Crippen molar-refractivity contribution in [2.45, 2.75) is 6.92 Å². The monoisotopic (exact) mass is 185 g/mol. The van der Waals surface area contributed by atoms with Crippen LogP contribution in [-0.2, 0) is 0 Å². The molecule has 1 rings (SSSR count). The van der Waals surface area contributed by atoms with Crippen molar-refractivity contribution in [1.82, 2.24) is 4.98 Å². The van der Waals surface area contributed by atoms with Gasteiger partial charge in [-0.3, -0.25) is 4.79 Å². The van der Waals surface area contributed by atoms with E-state index in [0.29, 0.717) is 12.5 Å². The summed E-state index contributed by atoms with van der Waals surface area (Å²) < 4.78 is 5.07. The second kappa shape index (κ2) is 4.07. The molecule has 1 heterocycles. The molecular weight excluding hydrogens is 178 g/mol. The molecule has 3 nitrogen and oxygen atoms in total. The SMILES string of the molecule is CCOc1cccc(C(=O)Cl)n1. The fourth-order valence-electron chi connectivity index (χ4n) is 0.753. The lowest BCUT2D eigenvalue weighted by atomic mass is 10.4. The van der Waals surface area contributed by atoms with Crippen LogP contribution in [0.5, 0.6) is 5.88 Å². The molecular formula is C8H8ClNO2. The minimum absolute atomic E-state index is 0.211. The predicted molar refractivity (Wildman–Crippen MR) is 45.6 cm³/mol. The Hall–Kier alpha value is -1.09. The van der Waals surface area contributed by atoms with Crippen molar-refractivity contribution in [1.29, 1.82) is 0 Å². The molecule has 0 amide bonds. The van der Waals surface area contributed by atoms with Gasteiger partial charge in [0.1, 0.15) is 5.69 Å². The molecule has 0 aliphatic heterocycles. The zero-order valence-corrected chi connectivity index (χ0v) is 7.34. The number of rotatable bonds is 3. The van der Waals surface area contributed by atoms with Crippen LogP contribution in [0.15, 0.2) is 18.2 Å². The van der Waals surface area contributed by atoms with Crippen molar-refractivity contribution in [2.75, 3.05) is 6.61 Å². The van der Waals surface area contributed by atoms with Gasteiger partial charge in [0.15, 0.2) is 0 Å². The van der Waals surface area contributed by atoms with E-state index in [2.05, 4.69) is 4.98 Å². The summed E-state index contributed by atoms with van der Waals surface area (Å²) in [4.78, 5) is 14.5. The first-order valence-corrected chi connectivity index (χ1v) is 3.91. The Morgan fingerprint density at radius 3 is 3.00 bits per heavy atom. The highest BCUT2D eigenvalue weighted by Crippen LogP contribution is 2.08. The van der Waals surface area contributed by atoms with Crippen molar-refractivity contribution in [3.05, 3.63) is 23.9 Å². The summed E-state index contributed by atoms with van der Waals surface area (Å²) in [7, 11) is 0. The lowest BCUT2D eigenvalue weighted by Gasteiger charge is -2.01. The first kappa shape index (κ1) is 9.00. The second-order valence-electron chi connectivity index (χ2n) is 2.07. The van der Waals surface area contributed by atoms with E-state index in [9.17, 15) is 4.79 Å². The molecule has 0 bridgehead atoms. The molecule has 0 aliphatic rings. The number of carbonyl (C=O) groups is 1. The standard InChI is InChI=1S/C8H8ClNO2/c1-2-12-7-5-3-4-6(10-7)8(9)11/h3-5H,2H2,1H3. The lowest BCUT2D eigenvalue weighted by molar-refractivity contribution is 0.107. The fourth-order valence-corrected chi connectivity index (χ4v) is 0.858. The predicted octanol–water partition coefficient (Wildman–Crippen LogP) is 1.86. The Balaban J connectivity index is 2.88. The van der Waals surface area contributed by atoms with Gasteiger partial charge in [-0.15, -0.1) is 0 Å². The Morgan fingerprint density at radius 2 is 2.42 bits per heavy atom. The molecule has 0 spiro atoms. The molecule has 0 aliphatic carbocycles. The van der Waals surface area contributed by atoms with Gasteiger partial charge < -0.3 is 4.74 Å². The van der Waals surface area contributed by atoms with E-state index < -0.39 is 5.24 Å². The maximum absolute atomic E-state index is 10.6. The minimum atomic E-state index is -0.573. The van der Waals surface area contributed by atoms with E-state index in [1.807, 2.05) is 6.92 Å². The molecule has 0 saturated heterocycles. The van der Waals surface area contributed by atoms with Crippen molar-refractivity contribution >= 4 is 16.8 Å². The van der Waals surface area contributed by atoms with Gasteiger partial charge in [-0.05, 0) is 24.6 Å². The van der Waals surface area contributed by atoms with Crippen molar-refractivity contribution < 1.29 is 9.53 Å². The van der Waals surface area contributed by atoms with Crippen LogP contribution in [0.2, 0.25) is 0 Å².